The Morgan fingerprint density at radius 3 is 2.56 bits per heavy atom. The highest BCUT2D eigenvalue weighted by Crippen LogP contribution is 2.15. The Balaban J connectivity index is 2.62. The van der Waals surface area contributed by atoms with Crippen LogP contribution in [0.25, 0.3) is 0 Å². The van der Waals surface area contributed by atoms with Gasteiger partial charge in [-0.25, -0.2) is 8.42 Å². The summed E-state index contributed by atoms with van der Waals surface area (Å²) in [5.74, 6) is 0.935. The summed E-state index contributed by atoms with van der Waals surface area (Å²) in [5.41, 5.74) is 1.68. The number of aromatic nitrogens is 2. The molecule has 7 heteroatoms. The molecule has 0 amide bonds. The minimum absolute atomic E-state index is 0.0745. The quantitative estimate of drug-likeness (QED) is 0.608. The molecule has 0 saturated carbocycles. The van der Waals surface area contributed by atoms with Gasteiger partial charge in [0, 0.05) is 17.1 Å². The minimum atomic E-state index is -3.31. The van der Waals surface area contributed by atoms with Crippen molar-refractivity contribution in [2.24, 2.45) is 0 Å². The highest BCUT2D eigenvalue weighted by molar-refractivity contribution is 7.92. The normalized spacial score (nSPS) is 11.7. The first kappa shape index (κ1) is 13.3. The third kappa shape index (κ3) is 3.68. The van der Waals surface area contributed by atoms with Gasteiger partial charge in [-0.15, -0.1) is 11.6 Å². The number of hydrogen-bond donors (Lipinski definition) is 2. The predicted octanol–water partition coefficient (Wildman–Crippen LogP) is 1.79. The summed E-state index contributed by atoms with van der Waals surface area (Å²) in [6.07, 6.45) is 1.25. The van der Waals surface area contributed by atoms with E-state index in [2.05, 4.69) is 14.9 Å². The summed E-state index contributed by atoms with van der Waals surface area (Å²) in [7, 11) is -3.31. The van der Waals surface area contributed by atoms with Crippen LogP contribution in [0.4, 0.5) is 5.82 Å². The third-order valence-electron chi connectivity index (χ3n) is 2.30. The Labute approximate surface area is 101 Å². The zero-order chi connectivity index (χ0) is 12.2. The lowest BCUT2D eigenvalue weighted by Crippen LogP contribution is -2.17. The van der Waals surface area contributed by atoms with Gasteiger partial charge in [0.2, 0.25) is 10.0 Å². The van der Waals surface area contributed by atoms with Gasteiger partial charge in [0.25, 0.3) is 0 Å². The van der Waals surface area contributed by atoms with Crippen LogP contribution >= 0.6 is 11.6 Å². The Morgan fingerprint density at radius 2 is 2.06 bits per heavy atom. The molecule has 0 aromatic carbocycles. The highest BCUT2D eigenvalue weighted by atomic mass is 35.5. The van der Waals surface area contributed by atoms with Crippen LogP contribution in [-0.2, 0) is 10.0 Å². The number of sulfonamides is 1. The largest absolute Gasteiger partial charge is 0.280 e. The molecule has 1 rings (SSSR count). The maximum Gasteiger partial charge on any atom is 0.233 e. The molecule has 1 aromatic rings. The van der Waals surface area contributed by atoms with Crippen molar-refractivity contribution in [3.8, 4) is 0 Å². The van der Waals surface area contributed by atoms with E-state index in [0.29, 0.717) is 24.5 Å². The maximum absolute atomic E-state index is 11.6. The minimum Gasteiger partial charge on any atom is -0.280 e. The second-order valence-electron chi connectivity index (χ2n) is 3.64. The van der Waals surface area contributed by atoms with Crippen molar-refractivity contribution in [2.75, 3.05) is 16.4 Å². The van der Waals surface area contributed by atoms with Crippen molar-refractivity contribution in [2.45, 2.75) is 26.7 Å². The van der Waals surface area contributed by atoms with Gasteiger partial charge < -0.3 is 0 Å². The molecule has 0 fully saturated rings. The van der Waals surface area contributed by atoms with Crippen LogP contribution in [-0.4, -0.2) is 30.2 Å². The average molecular weight is 266 g/mol. The number of halogens is 1. The summed E-state index contributed by atoms with van der Waals surface area (Å²) in [4.78, 5) is 0. The number of hydrogen-bond acceptors (Lipinski definition) is 3. The average Bonchev–Trinajstić information content (AvgIpc) is 2.49. The topological polar surface area (TPSA) is 74.8 Å². The summed E-state index contributed by atoms with van der Waals surface area (Å²) in [6, 6.07) is 0. The lowest BCUT2D eigenvalue weighted by Gasteiger charge is -2.05. The van der Waals surface area contributed by atoms with Gasteiger partial charge in [0.1, 0.15) is 0 Å². The Bertz CT molecular complexity index is 442. The van der Waals surface area contributed by atoms with E-state index in [1.54, 1.807) is 0 Å². The van der Waals surface area contributed by atoms with Crippen molar-refractivity contribution in [1.82, 2.24) is 10.2 Å². The van der Waals surface area contributed by atoms with E-state index in [1.807, 2.05) is 13.8 Å². The zero-order valence-corrected chi connectivity index (χ0v) is 11.0. The van der Waals surface area contributed by atoms with Crippen LogP contribution in [0.3, 0.4) is 0 Å². The second kappa shape index (κ2) is 5.54. The van der Waals surface area contributed by atoms with E-state index in [1.165, 1.54) is 0 Å². The number of rotatable bonds is 6. The monoisotopic (exact) mass is 265 g/mol. The van der Waals surface area contributed by atoms with Crippen LogP contribution in [0.1, 0.15) is 24.1 Å². The first-order valence-corrected chi connectivity index (χ1v) is 7.23. The fourth-order valence-corrected chi connectivity index (χ4v) is 2.54. The Kier molecular flexibility index (Phi) is 4.61. The molecular formula is C9H16ClN3O2S. The summed E-state index contributed by atoms with van der Waals surface area (Å²) >= 11 is 5.49. The molecule has 92 valence electrons. The van der Waals surface area contributed by atoms with Gasteiger partial charge in [-0.2, -0.15) is 5.10 Å². The molecule has 0 aliphatic rings. The van der Waals surface area contributed by atoms with E-state index in [-0.39, 0.29) is 5.75 Å². The smallest absolute Gasteiger partial charge is 0.233 e. The van der Waals surface area contributed by atoms with Crippen LogP contribution in [0.2, 0.25) is 0 Å². The molecule has 0 radical (unpaired) electrons. The molecule has 0 aliphatic carbocycles. The Morgan fingerprint density at radius 1 is 1.38 bits per heavy atom. The van der Waals surface area contributed by atoms with E-state index in [0.717, 1.165) is 11.3 Å². The van der Waals surface area contributed by atoms with Gasteiger partial charge in [-0.3, -0.25) is 9.82 Å². The SMILES string of the molecule is Cc1[nH]nc(NS(=O)(=O)CCCCCl)c1C. The predicted molar refractivity (Wildman–Crippen MR) is 65.4 cm³/mol. The molecule has 1 heterocycles. The lowest BCUT2D eigenvalue weighted by molar-refractivity contribution is 0.597. The van der Waals surface area contributed by atoms with Crippen molar-refractivity contribution < 1.29 is 8.42 Å². The Hall–Kier alpha value is -0.750. The van der Waals surface area contributed by atoms with Crippen LogP contribution < -0.4 is 4.72 Å². The van der Waals surface area contributed by atoms with Gasteiger partial charge in [-0.1, -0.05) is 0 Å². The van der Waals surface area contributed by atoms with E-state index < -0.39 is 10.0 Å². The fraction of sp³-hybridized carbons (Fsp3) is 0.667. The van der Waals surface area contributed by atoms with Crippen molar-refractivity contribution in [3.63, 3.8) is 0 Å². The van der Waals surface area contributed by atoms with Crippen molar-refractivity contribution in [3.05, 3.63) is 11.3 Å². The summed E-state index contributed by atoms with van der Waals surface area (Å²) in [5, 5.41) is 6.62. The van der Waals surface area contributed by atoms with Crippen LogP contribution in [0.5, 0.6) is 0 Å². The summed E-state index contributed by atoms with van der Waals surface area (Å²) in [6.45, 7) is 3.66. The third-order valence-corrected chi connectivity index (χ3v) is 3.90. The molecule has 0 aliphatic heterocycles. The number of aromatic amines is 1. The number of anilines is 1. The fourth-order valence-electron chi connectivity index (χ4n) is 1.17. The van der Waals surface area contributed by atoms with Crippen molar-refractivity contribution >= 4 is 27.4 Å². The molecule has 0 spiro atoms. The van der Waals surface area contributed by atoms with E-state index >= 15 is 0 Å². The van der Waals surface area contributed by atoms with E-state index in [9.17, 15) is 8.42 Å². The standard InChI is InChI=1S/C9H16ClN3O2S/c1-7-8(2)11-12-9(7)13-16(14,15)6-4-3-5-10/h3-6H2,1-2H3,(H2,11,12,13). The lowest BCUT2D eigenvalue weighted by atomic mass is 10.3. The zero-order valence-electron chi connectivity index (χ0n) is 9.38. The number of nitrogens with one attached hydrogen (secondary N) is 2. The first-order chi connectivity index (χ1) is 7.46. The molecule has 16 heavy (non-hydrogen) atoms. The number of unbranched alkanes of at least 4 members (excludes halogenated alkanes) is 1. The molecule has 0 saturated heterocycles. The van der Waals surface area contributed by atoms with Gasteiger partial charge in [-0.05, 0) is 26.7 Å². The molecule has 2 N–H and O–H groups in total. The second-order valence-corrected chi connectivity index (χ2v) is 5.86. The van der Waals surface area contributed by atoms with Gasteiger partial charge in [0.05, 0.1) is 5.75 Å². The van der Waals surface area contributed by atoms with Crippen molar-refractivity contribution in [1.29, 1.82) is 0 Å². The number of nitrogens with zero attached hydrogens (tertiary/aromatic N) is 1. The highest BCUT2D eigenvalue weighted by Gasteiger charge is 2.14. The number of H-pyrrole nitrogens is 1. The summed E-state index contributed by atoms with van der Waals surface area (Å²) < 4.78 is 25.7. The molecule has 0 unspecified atom stereocenters. The van der Waals surface area contributed by atoms with Crippen LogP contribution in [0, 0.1) is 13.8 Å². The van der Waals surface area contributed by atoms with E-state index in [4.69, 9.17) is 11.6 Å². The molecule has 0 atom stereocenters. The molecule has 0 bridgehead atoms. The first-order valence-electron chi connectivity index (χ1n) is 5.04. The van der Waals surface area contributed by atoms with Crippen LogP contribution in [0.15, 0.2) is 0 Å². The number of aryl methyl sites for hydroxylation is 1. The molecular weight excluding hydrogens is 250 g/mol. The molecule has 1 aromatic heterocycles. The number of alkyl halides is 1. The van der Waals surface area contributed by atoms with Gasteiger partial charge >= 0.3 is 0 Å². The molecule has 5 nitrogen and oxygen atoms in total. The maximum atomic E-state index is 11.6. The van der Waals surface area contributed by atoms with Gasteiger partial charge in [0.15, 0.2) is 5.82 Å².